The van der Waals surface area contributed by atoms with Crippen molar-refractivity contribution in [2.24, 2.45) is 0 Å². The summed E-state index contributed by atoms with van der Waals surface area (Å²) in [4.78, 5) is 43.9. The molecule has 1 aliphatic rings. The van der Waals surface area contributed by atoms with E-state index in [4.69, 9.17) is 14.2 Å². The Morgan fingerprint density at radius 2 is 1.75 bits per heavy atom. The summed E-state index contributed by atoms with van der Waals surface area (Å²) in [5, 5.41) is 0.179. The molecule has 0 spiro atoms. The van der Waals surface area contributed by atoms with Crippen LogP contribution in [-0.4, -0.2) is 67.4 Å². The largest absolute Gasteiger partial charge is 0.496 e. The molecule has 1 aromatic heterocycles. The quantitative estimate of drug-likeness (QED) is 0.615. The molecule has 2 aromatic rings. The van der Waals surface area contributed by atoms with Crippen molar-refractivity contribution in [1.29, 1.82) is 0 Å². The smallest absolute Gasteiger partial charge is 0.420 e. The lowest BCUT2D eigenvalue weighted by atomic mass is 10.0. The van der Waals surface area contributed by atoms with Crippen molar-refractivity contribution in [3.05, 3.63) is 33.6 Å². The maximum absolute atomic E-state index is 13.6. The third kappa shape index (κ3) is 5.52. The molecule has 1 aliphatic heterocycles. The number of ether oxygens (including phenoxy) is 3. The standard InChI is InChI=1S/C24H30F3N3O6/c1-13-7-8-29(9-10-30(13)22(33)36-23(2,3)4)19-14-11-17(34-5)15(24(25,26)27)12-16(14)28-20(31)18(19)21(32)35-6/h11-13H,7-10H2,1-6H3,(H,28,31)/t13-/m0/s1. The number of nitrogens with one attached hydrogen (secondary N) is 1. The lowest BCUT2D eigenvalue weighted by Gasteiger charge is -2.30. The molecule has 1 saturated heterocycles. The van der Waals surface area contributed by atoms with Gasteiger partial charge in [-0.05, 0) is 46.2 Å². The predicted molar refractivity (Wildman–Crippen MR) is 127 cm³/mol. The van der Waals surface area contributed by atoms with Gasteiger partial charge in [-0.15, -0.1) is 0 Å². The van der Waals surface area contributed by atoms with Gasteiger partial charge in [-0.25, -0.2) is 9.59 Å². The number of nitrogens with zero attached hydrogens (tertiary/aromatic N) is 2. The molecule has 12 heteroatoms. The molecule has 0 aliphatic carbocycles. The fourth-order valence-electron chi connectivity index (χ4n) is 4.19. The highest BCUT2D eigenvalue weighted by molar-refractivity contribution is 6.05. The van der Waals surface area contributed by atoms with Gasteiger partial charge < -0.3 is 29.0 Å². The number of aromatic amines is 1. The minimum atomic E-state index is -4.73. The number of esters is 1. The van der Waals surface area contributed by atoms with Gasteiger partial charge in [0.25, 0.3) is 5.56 Å². The highest BCUT2D eigenvalue weighted by atomic mass is 19.4. The number of aromatic nitrogens is 1. The molecule has 1 aromatic carbocycles. The fraction of sp³-hybridized carbons (Fsp3) is 0.542. The van der Waals surface area contributed by atoms with Crippen LogP contribution in [0.2, 0.25) is 0 Å². The van der Waals surface area contributed by atoms with Crippen molar-refractivity contribution in [3.8, 4) is 5.75 Å². The summed E-state index contributed by atoms with van der Waals surface area (Å²) in [6.07, 6.45) is -4.78. The van der Waals surface area contributed by atoms with Crippen molar-refractivity contribution in [3.63, 3.8) is 0 Å². The Labute approximate surface area is 206 Å². The van der Waals surface area contributed by atoms with E-state index >= 15 is 0 Å². The first-order valence-electron chi connectivity index (χ1n) is 11.4. The second-order valence-corrected chi connectivity index (χ2v) is 9.56. The SMILES string of the molecule is COC(=O)c1c(N2CC[C@H](C)N(C(=O)OC(C)(C)C)CC2)c2cc(OC)c(C(F)(F)F)cc2[nH]c1=O. The Morgan fingerprint density at radius 3 is 2.31 bits per heavy atom. The lowest BCUT2D eigenvalue weighted by molar-refractivity contribution is -0.138. The number of hydrogen-bond donors (Lipinski definition) is 1. The molecule has 1 fully saturated rings. The zero-order valence-electron chi connectivity index (χ0n) is 21.0. The summed E-state index contributed by atoms with van der Waals surface area (Å²) >= 11 is 0. The molecule has 0 unspecified atom stereocenters. The number of pyridine rings is 1. The first-order valence-corrected chi connectivity index (χ1v) is 11.4. The second-order valence-electron chi connectivity index (χ2n) is 9.56. The zero-order chi connectivity index (χ0) is 27.0. The zero-order valence-corrected chi connectivity index (χ0v) is 21.0. The topological polar surface area (TPSA) is 101 Å². The Bertz CT molecular complexity index is 1220. The first kappa shape index (κ1) is 27.2. The summed E-state index contributed by atoms with van der Waals surface area (Å²) in [5.41, 5.74) is -2.99. The van der Waals surface area contributed by atoms with E-state index in [9.17, 15) is 27.6 Å². The van der Waals surface area contributed by atoms with Crippen LogP contribution in [0.25, 0.3) is 10.9 Å². The third-order valence-electron chi connectivity index (χ3n) is 5.91. The molecule has 1 N–H and O–H groups in total. The van der Waals surface area contributed by atoms with Gasteiger partial charge in [-0.1, -0.05) is 0 Å². The Balaban J connectivity index is 2.17. The molecule has 3 rings (SSSR count). The summed E-state index contributed by atoms with van der Waals surface area (Å²) in [7, 11) is 2.22. The van der Waals surface area contributed by atoms with Gasteiger partial charge in [0, 0.05) is 31.1 Å². The number of carbonyl (C=O) groups is 2. The number of rotatable bonds is 3. The normalized spacial score (nSPS) is 17.1. The van der Waals surface area contributed by atoms with Crippen LogP contribution in [0.15, 0.2) is 16.9 Å². The minimum Gasteiger partial charge on any atom is -0.496 e. The third-order valence-corrected chi connectivity index (χ3v) is 5.91. The monoisotopic (exact) mass is 513 g/mol. The number of benzene rings is 1. The van der Waals surface area contributed by atoms with E-state index in [0.717, 1.165) is 26.4 Å². The van der Waals surface area contributed by atoms with Gasteiger partial charge in [-0.3, -0.25) is 4.79 Å². The van der Waals surface area contributed by atoms with E-state index in [-0.39, 0.29) is 41.3 Å². The highest BCUT2D eigenvalue weighted by Gasteiger charge is 2.37. The lowest BCUT2D eigenvalue weighted by Crippen LogP contribution is -2.43. The van der Waals surface area contributed by atoms with Gasteiger partial charge in [0.2, 0.25) is 0 Å². The molecule has 0 bridgehead atoms. The van der Waals surface area contributed by atoms with E-state index in [1.807, 2.05) is 6.92 Å². The number of fused-ring (bicyclic) bond motifs is 1. The van der Waals surface area contributed by atoms with Gasteiger partial charge >= 0.3 is 18.2 Å². The van der Waals surface area contributed by atoms with Crippen LogP contribution in [0.1, 0.15) is 50.0 Å². The first-order chi connectivity index (χ1) is 16.7. The Hall–Kier alpha value is -3.44. The van der Waals surface area contributed by atoms with Crippen LogP contribution in [0.3, 0.4) is 0 Å². The Morgan fingerprint density at radius 1 is 1.08 bits per heavy atom. The van der Waals surface area contributed by atoms with Gasteiger partial charge in [0.05, 0.1) is 31.0 Å². The van der Waals surface area contributed by atoms with Gasteiger partial charge in [-0.2, -0.15) is 13.2 Å². The number of amides is 1. The fourth-order valence-corrected chi connectivity index (χ4v) is 4.19. The maximum atomic E-state index is 13.6. The molecule has 2 heterocycles. The summed E-state index contributed by atoms with van der Waals surface area (Å²) in [6, 6.07) is 1.70. The van der Waals surface area contributed by atoms with Gasteiger partial charge in [0.15, 0.2) is 0 Å². The molecular weight excluding hydrogens is 483 g/mol. The number of H-pyrrole nitrogens is 1. The summed E-state index contributed by atoms with van der Waals surface area (Å²) < 4.78 is 56.1. The number of halogens is 3. The molecule has 0 radical (unpaired) electrons. The molecule has 1 atom stereocenters. The molecule has 1 amide bonds. The minimum absolute atomic E-state index is 0.114. The number of methoxy groups -OCH3 is 2. The van der Waals surface area contributed by atoms with E-state index < -0.39 is 40.7 Å². The molecule has 36 heavy (non-hydrogen) atoms. The number of alkyl halides is 3. The second kappa shape index (κ2) is 9.90. The van der Waals surface area contributed by atoms with Crippen molar-refractivity contribution >= 4 is 28.7 Å². The molecule has 9 nitrogen and oxygen atoms in total. The number of carbonyl (C=O) groups excluding carboxylic acids is 2. The summed E-state index contributed by atoms with van der Waals surface area (Å²) in [6.45, 7) is 7.82. The van der Waals surface area contributed by atoms with Crippen molar-refractivity contribution in [2.75, 3.05) is 38.8 Å². The molecule has 198 valence electrons. The van der Waals surface area contributed by atoms with Crippen LogP contribution in [-0.2, 0) is 15.7 Å². The van der Waals surface area contributed by atoms with Crippen LogP contribution in [0.5, 0.6) is 5.75 Å². The van der Waals surface area contributed by atoms with Gasteiger partial charge in [0.1, 0.15) is 16.9 Å². The van der Waals surface area contributed by atoms with Crippen LogP contribution in [0.4, 0.5) is 23.7 Å². The van der Waals surface area contributed by atoms with Crippen molar-refractivity contribution in [1.82, 2.24) is 9.88 Å². The maximum Gasteiger partial charge on any atom is 0.420 e. The molecule has 0 saturated carbocycles. The average molecular weight is 514 g/mol. The van der Waals surface area contributed by atoms with E-state index in [0.29, 0.717) is 13.0 Å². The van der Waals surface area contributed by atoms with E-state index in [1.165, 1.54) is 0 Å². The number of hydrogen-bond acceptors (Lipinski definition) is 7. The van der Waals surface area contributed by atoms with Crippen LogP contribution in [0, 0.1) is 0 Å². The summed E-state index contributed by atoms with van der Waals surface area (Å²) in [5.74, 6) is -1.40. The highest BCUT2D eigenvalue weighted by Crippen LogP contribution is 2.41. The number of anilines is 1. The predicted octanol–water partition coefficient (Wildman–Crippen LogP) is 4.18. The van der Waals surface area contributed by atoms with E-state index in [1.54, 1.807) is 30.6 Å². The van der Waals surface area contributed by atoms with Crippen LogP contribution < -0.4 is 15.2 Å². The molecular formula is C24H30F3N3O6. The van der Waals surface area contributed by atoms with Crippen LogP contribution >= 0.6 is 0 Å². The average Bonchev–Trinajstić information content (AvgIpc) is 2.96. The van der Waals surface area contributed by atoms with Crippen molar-refractivity contribution in [2.45, 2.75) is 51.9 Å². The van der Waals surface area contributed by atoms with Crippen molar-refractivity contribution < 1.29 is 37.0 Å². The Kier molecular flexibility index (Phi) is 7.47. The van der Waals surface area contributed by atoms with E-state index in [2.05, 4.69) is 4.98 Å².